The van der Waals surface area contributed by atoms with Crippen LogP contribution in [0.4, 0.5) is 14.6 Å². The summed E-state index contributed by atoms with van der Waals surface area (Å²) >= 11 is 1.48. The van der Waals surface area contributed by atoms with Crippen molar-refractivity contribution in [2.75, 3.05) is 5.32 Å². The molecule has 7 rings (SSSR count). The summed E-state index contributed by atoms with van der Waals surface area (Å²) < 4.78 is 29.7. The molecule has 0 saturated heterocycles. The zero-order valence-corrected chi connectivity index (χ0v) is 19.2. The van der Waals surface area contributed by atoms with E-state index in [0.29, 0.717) is 40.3 Å². The molecule has 2 atom stereocenters. The minimum absolute atomic E-state index is 0.174. The fraction of sp³-hybridized carbons (Fsp3) is 0.417. The van der Waals surface area contributed by atoms with Crippen molar-refractivity contribution in [1.82, 2.24) is 24.9 Å². The molecular formula is C24H24F2N6S. The van der Waals surface area contributed by atoms with Crippen LogP contribution < -0.4 is 5.32 Å². The molecule has 2 bridgehead atoms. The van der Waals surface area contributed by atoms with Crippen LogP contribution in [0.15, 0.2) is 24.5 Å². The van der Waals surface area contributed by atoms with E-state index in [2.05, 4.69) is 37.2 Å². The number of anilines is 1. The maximum atomic E-state index is 15.8. The highest BCUT2D eigenvalue weighted by Crippen LogP contribution is 2.46. The van der Waals surface area contributed by atoms with Gasteiger partial charge in [-0.15, -0.1) is 11.3 Å². The van der Waals surface area contributed by atoms with E-state index >= 15 is 4.39 Å². The lowest BCUT2D eigenvalue weighted by atomic mass is 9.62. The van der Waals surface area contributed by atoms with E-state index in [4.69, 9.17) is 0 Å². The smallest absolute Gasteiger partial charge is 0.232 e. The Hall–Kier alpha value is -2.94. The van der Waals surface area contributed by atoms with Gasteiger partial charge in [0.05, 0.1) is 16.6 Å². The number of fused-ring (bicyclic) bond motifs is 4. The molecule has 0 radical (unpaired) electrons. The van der Waals surface area contributed by atoms with Crippen LogP contribution in [0.3, 0.4) is 0 Å². The number of aromatic amines is 1. The number of nitrogens with one attached hydrogen (secondary N) is 2. The standard InChI is InChI=1S/C24H24F2N6S/c1-11-3-8-16(33-11)21-18(26)23(30-19-12(2)13-4-6-14(19)7-5-13)32-22(31-21)15-9-27-24-20(15)29-17(25)10-28-24/h3,8-10,12-14,19H,4-7H2,1-2H3,(H,27,28)(H,30,31,32)/t12-,13?,14?,19+/m0/s1. The maximum absolute atomic E-state index is 15.8. The average molecular weight is 467 g/mol. The topological polar surface area (TPSA) is 79.4 Å². The van der Waals surface area contributed by atoms with Gasteiger partial charge in [0.1, 0.15) is 11.2 Å². The molecule has 4 aromatic rings. The molecule has 0 amide bonds. The third kappa shape index (κ3) is 3.49. The van der Waals surface area contributed by atoms with Crippen LogP contribution in [0.25, 0.3) is 33.1 Å². The molecular weight excluding hydrogens is 442 g/mol. The molecule has 3 fully saturated rings. The summed E-state index contributed by atoms with van der Waals surface area (Å²) in [6.45, 7) is 4.24. The van der Waals surface area contributed by atoms with E-state index < -0.39 is 11.8 Å². The Morgan fingerprint density at radius 1 is 1.06 bits per heavy atom. The van der Waals surface area contributed by atoms with Crippen LogP contribution >= 0.6 is 11.3 Å². The highest BCUT2D eigenvalue weighted by Gasteiger charge is 2.41. The monoisotopic (exact) mass is 466 g/mol. The molecule has 0 spiro atoms. The van der Waals surface area contributed by atoms with E-state index in [1.807, 2.05) is 19.1 Å². The van der Waals surface area contributed by atoms with Gasteiger partial charge in [0.2, 0.25) is 5.95 Å². The van der Waals surface area contributed by atoms with Crippen molar-refractivity contribution in [2.45, 2.75) is 45.6 Å². The van der Waals surface area contributed by atoms with Gasteiger partial charge in [0.15, 0.2) is 23.1 Å². The fourth-order valence-electron chi connectivity index (χ4n) is 5.59. The highest BCUT2D eigenvalue weighted by atomic mass is 32.1. The average Bonchev–Trinajstić information content (AvgIpc) is 3.43. The van der Waals surface area contributed by atoms with E-state index in [-0.39, 0.29) is 17.6 Å². The van der Waals surface area contributed by atoms with E-state index in [9.17, 15) is 4.39 Å². The van der Waals surface area contributed by atoms with Gasteiger partial charge >= 0.3 is 0 Å². The quantitative estimate of drug-likeness (QED) is 0.388. The molecule has 6 nitrogen and oxygen atoms in total. The Morgan fingerprint density at radius 2 is 1.85 bits per heavy atom. The predicted molar refractivity (Wildman–Crippen MR) is 125 cm³/mol. The second-order valence-electron chi connectivity index (χ2n) is 9.27. The Kier molecular flexibility index (Phi) is 4.90. The van der Waals surface area contributed by atoms with Crippen LogP contribution in [0.1, 0.15) is 37.5 Å². The van der Waals surface area contributed by atoms with Crippen molar-refractivity contribution < 1.29 is 8.78 Å². The zero-order valence-electron chi connectivity index (χ0n) is 18.4. The lowest BCUT2D eigenvalue weighted by molar-refractivity contribution is 0.0926. The minimum atomic E-state index is -0.690. The van der Waals surface area contributed by atoms with E-state index in [1.165, 1.54) is 37.0 Å². The number of aryl methyl sites for hydroxylation is 1. The van der Waals surface area contributed by atoms with Crippen LogP contribution in [0.2, 0.25) is 0 Å². The summed E-state index contributed by atoms with van der Waals surface area (Å²) in [4.78, 5) is 22.0. The normalized spacial score (nSPS) is 24.5. The molecule has 4 aromatic heterocycles. The second kappa shape index (κ2) is 7.83. The first-order chi connectivity index (χ1) is 16.0. The molecule has 2 N–H and O–H groups in total. The Balaban J connectivity index is 1.49. The SMILES string of the molecule is Cc1ccc(-c2nc(-c3c[nH]c4ncc(F)nc34)nc(N[C@H]3C4CCC(CC4)[C@@H]3C)c2F)s1. The third-order valence-electron chi connectivity index (χ3n) is 7.36. The van der Waals surface area contributed by atoms with Gasteiger partial charge in [-0.25, -0.2) is 24.3 Å². The number of thiophene rings is 1. The third-order valence-corrected chi connectivity index (χ3v) is 8.36. The van der Waals surface area contributed by atoms with Crippen molar-refractivity contribution in [1.29, 1.82) is 0 Å². The van der Waals surface area contributed by atoms with Crippen molar-refractivity contribution in [3.05, 3.63) is 41.2 Å². The molecule has 4 heterocycles. The minimum Gasteiger partial charge on any atom is -0.364 e. The van der Waals surface area contributed by atoms with Crippen molar-refractivity contribution in [3.8, 4) is 22.0 Å². The molecule has 33 heavy (non-hydrogen) atoms. The maximum Gasteiger partial charge on any atom is 0.232 e. The molecule has 3 saturated carbocycles. The lowest BCUT2D eigenvalue weighted by Crippen LogP contribution is -2.47. The molecule has 3 aliphatic rings. The number of nitrogens with zero attached hydrogens (tertiary/aromatic N) is 4. The number of hydrogen-bond donors (Lipinski definition) is 2. The largest absolute Gasteiger partial charge is 0.364 e. The Labute approximate surface area is 193 Å². The van der Waals surface area contributed by atoms with Gasteiger partial charge in [-0.05, 0) is 62.5 Å². The van der Waals surface area contributed by atoms with Crippen LogP contribution in [-0.4, -0.2) is 31.0 Å². The van der Waals surface area contributed by atoms with Crippen molar-refractivity contribution in [3.63, 3.8) is 0 Å². The summed E-state index contributed by atoms with van der Waals surface area (Å²) in [5.74, 6) is 0.988. The number of halogens is 2. The highest BCUT2D eigenvalue weighted by molar-refractivity contribution is 7.15. The first-order valence-corrected chi connectivity index (χ1v) is 12.2. The fourth-order valence-corrected chi connectivity index (χ4v) is 6.44. The van der Waals surface area contributed by atoms with Gasteiger partial charge in [-0.1, -0.05) is 6.92 Å². The van der Waals surface area contributed by atoms with Gasteiger partial charge in [0.25, 0.3) is 0 Å². The summed E-state index contributed by atoms with van der Waals surface area (Å²) in [5, 5.41) is 3.47. The van der Waals surface area contributed by atoms with Gasteiger partial charge in [0, 0.05) is 17.1 Å². The summed E-state index contributed by atoms with van der Waals surface area (Å²) in [6.07, 6.45) is 7.54. The summed E-state index contributed by atoms with van der Waals surface area (Å²) in [5.41, 5.74) is 1.49. The van der Waals surface area contributed by atoms with Gasteiger partial charge < -0.3 is 10.3 Å². The zero-order chi connectivity index (χ0) is 22.7. The lowest BCUT2D eigenvalue weighted by Gasteiger charge is -2.47. The molecule has 0 aliphatic heterocycles. The van der Waals surface area contributed by atoms with Gasteiger partial charge in [-0.3, -0.25) is 0 Å². The van der Waals surface area contributed by atoms with Crippen molar-refractivity contribution in [2.24, 2.45) is 17.8 Å². The molecule has 0 aromatic carbocycles. The Bertz CT molecular complexity index is 1340. The van der Waals surface area contributed by atoms with Crippen LogP contribution in [0.5, 0.6) is 0 Å². The first-order valence-electron chi connectivity index (χ1n) is 11.4. The second-order valence-corrected chi connectivity index (χ2v) is 10.6. The molecule has 170 valence electrons. The number of rotatable bonds is 4. The molecule has 0 unspecified atom stereocenters. The molecule has 3 aliphatic carbocycles. The number of hydrogen-bond acceptors (Lipinski definition) is 6. The number of aromatic nitrogens is 5. The number of H-pyrrole nitrogens is 1. The molecule has 9 heteroatoms. The summed E-state index contributed by atoms with van der Waals surface area (Å²) in [7, 11) is 0. The van der Waals surface area contributed by atoms with Crippen LogP contribution in [-0.2, 0) is 0 Å². The predicted octanol–water partition coefficient (Wildman–Crippen LogP) is 5.97. The van der Waals surface area contributed by atoms with Gasteiger partial charge in [-0.2, -0.15) is 4.39 Å². The first kappa shape index (κ1) is 20.7. The summed E-state index contributed by atoms with van der Waals surface area (Å²) in [6, 6.07) is 4.00. The van der Waals surface area contributed by atoms with E-state index in [0.717, 1.165) is 16.0 Å². The Morgan fingerprint density at radius 3 is 2.58 bits per heavy atom. The van der Waals surface area contributed by atoms with E-state index in [1.54, 1.807) is 6.20 Å². The van der Waals surface area contributed by atoms with Crippen LogP contribution in [0, 0.1) is 36.4 Å². The van der Waals surface area contributed by atoms with Crippen molar-refractivity contribution >= 4 is 28.3 Å².